The minimum Gasteiger partial charge on any atom is -0.340 e. The third kappa shape index (κ3) is 3.71. The van der Waals surface area contributed by atoms with E-state index < -0.39 is 5.54 Å². The molecule has 96 valence electrons. The average Bonchev–Trinajstić information content (AvgIpc) is 2.36. The third-order valence-electron chi connectivity index (χ3n) is 3.44. The molecule has 0 spiro atoms. The first-order valence-corrected chi connectivity index (χ1v) is 6.45. The van der Waals surface area contributed by atoms with Crippen molar-refractivity contribution in [2.45, 2.75) is 45.6 Å². The molecule has 0 aromatic carbocycles. The van der Waals surface area contributed by atoms with E-state index in [4.69, 9.17) is 5.26 Å². The van der Waals surface area contributed by atoms with Crippen molar-refractivity contribution in [1.82, 2.24) is 9.80 Å². The molecule has 1 fully saturated rings. The minimum absolute atomic E-state index is 0.265. The van der Waals surface area contributed by atoms with Crippen LogP contribution in [0.4, 0.5) is 0 Å². The van der Waals surface area contributed by atoms with Crippen molar-refractivity contribution in [3.05, 3.63) is 0 Å². The maximum Gasteiger partial charge on any atom is 0.222 e. The first-order valence-electron chi connectivity index (χ1n) is 6.45. The van der Waals surface area contributed by atoms with E-state index in [1.165, 1.54) is 0 Å². The SMILES string of the molecule is CCCCC(=O)N1CCN(C(C)(C)C#N)CC1. The number of amides is 1. The molecule has 0 radical (unpaired) electrons. The molecule has 1 aliphatic rings. The zero-order valence-electron chi connectivity index (χ0n) is 11.2. The van der Waals surface area contributed by atoms with E-state index in [2.05, 4.69) is 17.9 Å². The molecule has 0 aromatic heterocycles. The van der Waals surface area contributed by atoms with Crippen molar-refractivity contribution < 1.29 is 4.79 Å². The van der Waals surface area contributed by atoms with Crippen LogP contribution >= 0.6 is 0 Å². The number of hydrogen-bond acceptors (Lipinski definition) is 3. The monoisotopic (exact) mass is 237 g/mol. The van der Waals surface area contributed by atoms with Crippen LogP contribution in [0.25, 0.3) is 0 Å². The van der Waals surface area contributed by atoms with Crippen LogP contribution in [-0.4, -0.2) is 47.4 Å². The van der Waals surface area contributed by atoms with Gasteiger partial charge in [-0.25, -0.2) is 0 Å². The van der Waals surface area contributed by atoms with Gasteiger partial charge in [-0.2, -0.15) is 5.26 Å². The number of carbonyl (C=O) groups excluding carboxylic acids is 1. The molecule has 0 atom stereocenters. The van der Waals surface area contributed by atoms with Crippen LogP contribution in [0.5, 0.6) is 0 Å². The number of nitriles is 1. The molecule has 1 aliphatic heterocycles. The van der Waals surface area contributed by atoms with Gasteiger partial charge >= 0.3 is 0 Å². The van der Waals surface area contributed by atoms with Crippen LogP contribution in [0.1, 0.15) is 40.0 Å². The van der Waals surface area contributed by atoms with Gasteiger partial charge in [0, 0.05) is 32.6 Å². The van der Waals surface area contributed by atoms with Gasteiger partial charge in [-0.1, -0.05) is 13.3 Å². The zero-order valence-corrected chi connectivity index (χ0v) is 11.2. The highest BCUT2D eigenvalue weighted by molar-refractivity contribution is 5.76. The molecule has 0 aromatic rings. The highest BCUT2D eigenvalue weighted by Crippen LogP contribution is 2.16. The minimum atomic E-state index is -0.418. The van der Waals surface area contributed by atoms with E-state index in [-0.39, 0.29) is 5.91 Å². The summed E-state index contributed by atoms with van der Waals surface area (Å²) in [6, 6.07) is 2.31. The van der Waals surface area contributed by atoms with E-state index in [0.29, 0.717) is 6.42 Å². The molecule has 1 rings (SSSR count). The van der Waals surface area contributed by atoms with Gasteiger partial charge in [0.25, 0.3) is 0 Å². The highest BCUT2D eigenvalue weighted by Gasteiger charge is 2.30. The van der Waals surface area contributed by atoms with Gasteiger partial charge < -0.3 is 4.90 Å². The topological polar surface area (TPSA) is 47.3 Å². The predicted molar refractivity (Wildman–Crippen MR) is 67.4 cm³/mol. The van der Waals surface area contributed by atoms with Gasteiger partial charge in [0.15, 0.2) is 0 Å². The van der Waals surface area contributed by atoms with Gasteiger partial charge in [0.2, 0.25) is 5.91 Å². The first kappa shape index (κ1) is 14.0. The van der Waals surface area contributed by atoms with Gasteiger partial charge in [-0.3, -0.25) is 9.69 Å². The Bertz CT molecular complexity index is 298. The Kier molecular flexibility index (Phi) is 4.95. The average molecular weight is 237 g/mol. The van der Waals surface area contributed by atoms with E-state index in [1.54, 1.807) is 0 Å². The molecule has 0 aliphatic carbocycles. The van der Waals surface area contributed by atoms with Crippen LogP contribution in [0.15, 0.2) is 0 Å². The van der Waals surface area contributed by atoms with E-state index >= 15 is 0 Å². The maximum atomic E-state index is 11.8. The van der Waals surface area contributed by atoms with Crippen LogP contribution < -0.4 is 0 Å². The fraction of sp³-hybridized carbons (Fsp3) is 0.846. The second-order valence-corrected chi connectivity index (χ2v) is 5.14. The summed E-state index contributed by atoms with van der Waals surface area (Å²) in [6.07, 6.45) is 2.70. The van der Waals surface area contributed by atoms with E-state index in [1.807, 2.05) is 18.7 Å². The third-order valence-corrected chi connectivity index (χ3v) is 3.44. The zero-order chi connectivity index (χ0) is 12.9. The summed E-state index contributed by atoms with van der Waals surface area (Å²) in [5.41, 5.74) is -0.418. The molecular weight excluding hydrogens is 214 g/mol. The second-order valence-electron chi connectivity index (χ2n) is 5.14. The highest BCUT2D eigenvalue weighted by atomic mass is 16.2. The Hall–Kier alpha value is -1.08. The number of piperazine rings is 1. The maximum absolute atomic E-state index is 11.8. The number of hydrogen-bond donors (Lipinski definition) is 0. The van der Waals surface area contributed by atoms with Crippen molar-refractivity contribution in [2.75, 3.05) is 26.2 Å². The van der Waals surface area contributed by atoms with Crippen molar-refractivity contribution in [2.24, 2.45) is 0 Å². The van der Waals surface area contributed by atoms with Crippen molar-refractivity contribution in [3.63, 3.8) is 0 Å². The fourth-order valence-corrected chi connectivity index (χ4v) is 2.07. The van der Waals surface area contributed by atoms with Crippen LogP contribution in [-0.2, 0) is 4.79 Å². The van der Waals surface area contributed by atoms with Crippen LogP contribution in [0, 0.1) is 11.3 Å². The number of rotatable bonds is 4. The molecular formula is C13H23N3O. The Labute approximate surface area is 104 Å². The Morgan fingerprint density at radius 2 is 1.88 bits per heavy atom. The molecule has 0 bridgehead atoms. The second kappa shape index (κ2) is 6.02. The Morgan fingerprint density at radius 3 is 2.35 bits per heavy atom. The van der Waals surface area contributed by atoms with Gasteiger partial charge in [0.05, 0.1) is 6.07 Å². The molecule has 4 heteroatoms. The summed E-state index contributed by atoms with van der Waals surface area (Å²) in [7, 11) is 0. The van der Waals surface area contributed by atoms with Crippen LogP contribution in [0.2, 0.25) is 0 Å². The lowest BCUT2D eigenvalue weighted by Gasteiger charge is -2.40. The molecule has 1 amide bonds. The van der Waals surface area contributed by atoms with Crippen molar-refractivity contribution >= 4 is 5.91 Å². The lowest BCUT2D eigenvalue weighted by atomic mass is 10.0. The van der Waals surface area contributed by atoms with Crippen molar-refractivity contribution in [3.8, 4) is 6.07 Å². The Morgan fingerprint density at radius 1 is 1.29 bits per heavy atom. The molecule has 1 saturated heterocycles. The summed E-state index contributed by atoms with van der Waals surface area (Å²) in [4.78, 5) is 15.9. The van der Waals surface area contributed by atoms with Crippen molar-refractivity contribution in [1.29, 1.82) is 5.26 Å². The van der Waals surface area contributed by atoms with Crippen LogP contribution in [0.3, 0.4) is 0 Å². The van der Waals surface area contributed by atoms with Gasteiger partial charge in [0.1, 0.15) is 5.54 Å². The lowest BCUT2D eigenvalue weighted by Crippen LogP contribution is -2.55. The summed E-state index contributed by atoms with van der Waals surface area (Å²) in [5.74, 6) is 0.265. The molecule has 0 saturated carbocycles. The normalized spacial score (nSPS) is 17.9. The number of carbonyl (C=O) groups is 1. The van der Waals surface area contributed by atoms with E-state index in [9.17, 15) is 4.79 Å². The molecule has 0 N–H and O–H groups in total. The molecule has 0 unspecified atom stereocenters. The quantitative estimate of drug-likeness (QED) is 0.746. The standard InChI is InChI=1S/C13H23N3O/c1-4-5-6-12(17)15-7-9-16(10-8-15)13(2,3)11-14/h4-10H2,1-3H3. The molecule has 4 nitrogen and oxygen atoms in total. The van der Waals surface area contributed by atoms with Gasteiger partial charge in [-0.05, 0) is 20.3 Å². The fourth-order valence-electron chi connectivity index (χ4n) is 2.07. The molecule has 1 heterocycles. The number of nitrogens with zero attached hydrogens (tertiary/aromatic N) is 3. The van der Waals surface area contributed by atoms with E-state index in [0.717, 1.165) is 39.0 Å². The summed E-state index contributed by atoms with van der Waals surface area (Å²) in [5, 5.41) is 9.07. The smallest absolute Gasteiger partial charge is 0.222 e. The largest absolute Gasteiger partial charge is 0.340 e. The lowest BCUT2D eigenvalue weighted by molar-refractivity contribution is -0.133. The summed E-state index contributed by atoms with van der Waals surface area (Å²) < 4.78 is 0. The number of unbranched alkanes of at least 4 members (excludes halogenated alkanes) is 1. The summed E-state index contributed by atoms with van der Waals surface area (Å²) in [6.45, 7) is 9.09. The predicted octanol–water partition coefficient (Wildman–Crippen LogP) is 1.62. The van der Waals surface area contributed by atoms with Gasteiger partial charge in [-0.15, -0.1) is 0 Å². The first-order chi connectivity index (χ1) is 8.01. The Balaban J connectivity index is 2.41. The molecule has 17 heavy (non-hydrogen) atoms. The summed E-state index contributed by atoms with van der Waals surface area (Å²) >= 11 is 0.